The van der Waals surface area contributed by atoms with E-state index >= 15 is 0 Å². The molecule has 120 valence electrons. The summed E-state index contributed by atoms with van der Waals surface area (Å²) in [6.45, 7) is 2.37. The Labute approximate surface area is 125 Å². The third-order valence-electron chi connectivity index (χ3n) is 4.10. The molecule has 2 aliphatic rings. The molecule has 0 bridgehead atoms. The molecule has 21 heavy (non-hydrogen) atoms. The maximum atomic E-state index is 12.1. The fourth-order valence-electron chi connectivity index (χ4n) is 2.59. The molecule has 1 N–H and O–H groups in total. The second kappa shape index (κ2) is 6.74. The molecule has 0 aromatic rings. The van der Waals surface area contributed by atoms with Gasteiger partial charge in [-0.3, -0.25) is 9.59 Å². The molecule has 0 aromatic heterocycles. The Balaban J connectivity index is 1.70. The molecule has 0 radical (unpaired) electrons. The van der Waals surface area contributed by atoms with Crippen molar-refractivity contribution in [3.8, 4) is 0 Å². The number of carbonyl (C=O) groups is 2. The van der Waals surface area contributed by atoms with E-state index in [2.05, 4.69) is 4.72 Å². The number of amides is 2. The van der Waals surface area contributed by atoms with Gasteiger partial charge in [-0.1, -0.05) is 6.42 Å². The molecule has 2 fully saturated rings. The maximum Gasteiger partial charge on any atom is 0.225 e. The van der Waals surface area contributed by atoms with Crippen molar-refractivity contribution in [2.45, 2.75) is 25.7 Å². The van der Waals surface area contributed by atoms with Crippen molar-refractivity contribution >= 4 is 21.8 Å². The van der Waals surface area contributed by atoms with E-state index in [1.807, 2.05) is 4.90 Å². The van der Waals surface area contributed by atoms with Crippen molar-refractivity contribution in [2.24, 2.45) is 5.92 Å². The smallest absolute Gasteiger partial charge is 0.225 e. The van der Waals surface area contributed by atoms with Crippen LogP contribution in [-0.2, 0) is 19.6 Å². The molecule has 2 rings (SSSR count). The van der Waals surface area contributed by atoms with Crippen molar-refractivity contribution in [3.05, 3.63) is 0 Å². The van der Waals surface area contributed by atoms with Gasteiger partial charge in [-0.2, -0.15) is 0 Å². The first-order chi connectivity index (χ1) is 9.87. The lowest BCUT2D eigenvalue weighted by Gasteiger charge is -2.38. The summed E-state index contributed by atoms with van der Waals surface area (Å²) in [5, 5.41) is 0. The zero-order valence-corrected chi connectivity index (χ0v) is 13.2. The number of nitrogens with one attached hydrogen (secondary N) is 1. The standard InChI is InChI=1S/C13H23N3O4S/c1-21(19,20)14-6-5-12(17)15-7-9-16(10-8-15)13(18)11-3-2-4-11/h11,14H,2-10H2,1H3. The van der Waals surface area contributed by atoms with E-state index in [0.29, 0.717) is 26.2 Å². The van der Waals surface area contributed by atoms with Crippen molar-refractivity contribution < 1.29 is 18.0 Å². The van der Waals surface area contributed by atoms with Gasteiger partial charge in [-0.15, -0.1) is 0 Å². The number of hydrogen-bond donors (Lipinski definition) is 1. The van der Waals surface area contributed by atoms with Crippen LogP contribution in [0.1, 0.15) is 25.7 Å². The van der Waals surface area contributed by atoms with Crippen molar-refractivity contribution in [1.82, 2.24) is 14.5 Å². The van der Waals surface area contributed by atoms with Crippen LogP contribution in [0.4, 0.5) is 0 Å². The number of carbonyl (C=O) groups excluding carboxylic acids is 2. The first kappa shape index (κ1) is 16.2. The van der Waals surface area contributed by atoms with Gasteiger partial charge in [0.15, 0.2) is 0 Å². The lowest BCUT2D eigenvalue weighted by atomic mass is 9.84. The van der Waals surface area contributed by atoms with Crippen LogP contribution >= 0.6 is 0 Å². The lowest BCUT2D eigenvalue weighted by molar-refractivity contribution is -0.143. The van der Waals surface area contributed by atoms with E-state index in [4.69, 9.17) is 0 Å². The van der Waals surface area contributed by atoms with Gasteiger partial charge in [-0.05, 0) is 12.8 Å². The van der Waals surface area contributed by atoms with Gasteiger partial charge in [0.1, 0.15) is 0 Å². The summed E-state index contributed by atoms with van der Waals surface area (Å²) in [4.78, 5) is 27.6. The Morgan fingerprint density at radius 3 is 2.14 bits per heavy atom. The van der Waals surface area contributed by atoms with E-state index in [-0.39, 0.29) is 30.7 Å². The quantitative estimate of drug-likeness (QED) is 0.733. The minimum absolute atomic E-state index is 0.0677. The van der Waals surface area contributed by atoms with Crippen LogP contribution in [0.5, 0.6) is 0 Å². The summed E-state index contributed by atoms with van der Waals surface area (Å²) >= 11 is 0. The van der Waals surface area contributed by atoms with Crippen LogP contribution in [0.15, 0.2) is 0 Å². The Bertz CT molecular complexity index is 494. The van der Waals surface area contributed by atoms with Gasteiger partial charge in [0.2, 0.25) is 21.8 Å². The predicted octanol–water partition coefficient (Wildman–Crippen LogP) is -0.603. The molecular formula is C13H23N3O4S. The fraction of sp³-hybridized carbons (Fsp3) is 0.846. The SMILES string of the molecule is CS(=O)(=O)NCCC(=O)N1CCN(C(=O)C2CCC2)CC1. The monoisotopic (exact) mass is 317 g/mol. The van der Waals surface area contributed by atoms with Crippen LogP contribution in [0.2, 0.25) is 0 Å². The molecule has 0 spiro atoms. The molecule has 1 heterocycles. The number of hydrogen-bond acceptors (Lipinski definition) is 4. The van der Waals surface area contributed by atoms with Gasteiger partial charge in [0.05, 0.1) is 6.26 Å². The van der Waals surface area contributed by atoms with E-state index in [0.717, 1.165) is 25.5 Å². The van der Waals surface area contributed by atoms with Crippen LogP contribution in [0, 0.1) is 5.92 Å². The average molecular weight is 317 g/mol. The molecule has 1 saturated carbocycles. The third kappa shape index (κ3) is 4.67. The predicted molar refractivity (Wildman–Crippen MR) is 78.0 cm³/mol. The van der Waals surface area contributed by atoms with Gasteiger partial charge < -0.3 is 9.80 Å². The molecule has 1 aliphatic heterocycles. The second-order valence-corrected chi connectivity index (χ2v) is 7.58. The number of piperazine rings is 1. The van der Waals surface area contributed by atoms with Gasteiger partial charge in [0.25, 0.3) is 0 Å². The lowest BCUT2D eigenvalue weighted by Crippen LogP contribution is -2.52. The first-order valence-electron chi connectivity index (χ1n) is 7.38. The molecule has 0 atom stereocenters. The Kier molecular flexibility index (Phi) is 5.21. The van der Waals surface area contributed by atoms with Crippen LogP contribution in [0.25, 0.3) is 0 Å². The highest BCUT2D eigenvalue weighted by Gasteiger charge is 2.31. The number of rotatable bonds is 5. The Morgan fingerprint density at radius 2 is 1.67 bits per heavy atom. The van der Waals surface area contributed by atoms with Crippen LogP contribution in [0.3, 0.4) is 0 Å². The molecule has 2 amide bonds. The molecule has 0 unspecified atom stereocenters. The van der Waals surface area contributed by atoms with Crippen molar-refractivity contribution in [3.63, 3.8) is 0 Å². The van der Waals surface area contributed by atoms with Gasteiger partial charge in [0, 0.05) is 45.1 Å². The van der Waals surface area contributed by atoms with Crippen molar-refractivity contribution in [1.29, 1.82) is 0 Å². The Morgan fingerprint density at radius 1 is 1.10 bits per heavy atom. The molecule has 1 saturated heterocycles. The van der Waals surface area contributed by atoms with Gasteiger partial charge >= 0.3 is 0 Å². The summed E-state index contributed by atoms with van der Waals surface area (Å²) in [6, 6.07) is 0. The second-order valence-electron chi connectivity index (χ2n) is 5.75. The summed E-state index contributed by atoms with van der Waals surface area (Å²) in [6.07, 6.45) is 4.36. The molecular weight excluding hydrogens is 294 g/mol. The number of sulfonamides is 1. The molecule has 1 aliphatic carbocycles. The minimum atomic E-state index is -3.25. The van der Waals surface area contributed by atoms with Gasteiger partial charge in [-0.25, -0.2) is 13.1 Å². The number of nitrogens with zero attached hydrogens (tertiary/aromatic N) is 2. The highest BCUT2D eigenvalue weighted by atomic mass is 32.2. The van der Waals surface area contributed by atoms with E-state index in [1.54, 1.807) is 4.90 Å². The minimum Gasteiger partial charge on any atom is -0.339 e. The highest BCUT2D eigenvalue weighted by Crippen LogP contribution is 2.28. The third-order valence-corrected chi connectivity index (χ3v) is 4.83. The maximum absolute atomic E-state index is 12.1. The largest absolute Gasteiger partial charge is 0.339 e. The molecule has 8 heteroatoms. The molecule has 7 nitrogen and oxygen atoms in total. The summed E-state index contributed by atoms with van der Waals surface area (Å²) in [5.41, 5.74) is 0. The topological polar surface area (TPSA) is 86.8 Å². The fourth-order valence-corrected chi connectivity index (χ4v) is 3.06. The summed E-state index contributed by atoms with van der Waals surface area (Å²) in [5.74, 6) is 0.361. The summed E-state index contributed by atoms with van der Waals surface area (Å²) < 4.78 is 24.2. The van der Waals surface area contributed by atoms with Crippen LogP contribution < -0.4 is 4.72 Å². The first-order valence-corrected chi connectivity index (χ1v) is 9.27. The van der Waals surface area contributed by atoms with Crippen molar-refractivity contribution in [2.75, 3.05) is 39.0 Å². The van der Waals surface area contributed by atoms with E-state index in [1.165, 1.54) is 0 Å². The van der Waals surface area contributed by atoms with E-state index in [9.17, 15) is 18.0 Å². The summed E-state index contributed by atoms with van der Waals surface area (Å²) in [7, 11) is -3.25. The zero-order chi connectivity index (χ0) is 15.5. The zero-order valence-electron chi connectivity index (χ0n) is 12.4. The highest BCUT2D eigenvalue weighted by molar-refractivity contribution is 7.88. The van der Waals surface area contributed by atoms with E-state index < -0.39 is 10.0 Å². The van der Waals surface area contributed by atoms with Crippen LogP contribution in [-0.4, -0.2) is 69.0 Å². The Hall–Kier alpha value is -1.15. The normalized spacial score (nSPS) is 20.2. The molecule has 0 aromatic carbocycles. The average Bonchev–Trinajstić information content (AvgIpc) is 2.35.